The first-order valence-electron chi connectivity index (χ1n) is 6.69. The molecule has 1 aliphatic carbocycles. The molecule has 1 unspecified atom stereocenters. The van der Waals surface area contributed by atoms with Crippen LogP contribution in [-0.2, 0) is 19.5 Å². The molecule has 3 nitrogen and oxygen atoms in total. The van der Waals surface area contributed by atoms with E-state index in [4.69, 9.17) is 0 Å². The summed E-state index contributed by atoms with van der Waals surface area (Å²) in [5.74, 6) is 0. The van der Waals surface area contributed by atoms with Crippen LogP contribution in [0.1, 0.15) is 36.1 Å². The van der Waals surface area contributed by atoms with Gasteiger partial charge in [0.2, 0.25) is 0 Å². The summed E-state index contributed by atoms with van der Waals surface area (Å²) in [6.45, 7) is 3.95. The first-order valence-corrected chi connectivity index (χ1v) is 6.69. The van der Waals surface area contributed by atoms with E-state index in [0.717, 1.165) is 13.1 Å². The van der Waals surface area contributed by atoms with E-state index < -0.39 is 0 Å². The molecule has 1 aromatic heterocycles. The average molecular weight is 241 g/mol. The number of aromatic nitrogens is 2. The lowest BCUT2D eigenvalue weighted by molar-refractivity contribution is 0.530. The van der Waals surface area contributed by atoms with Gasteiger partial charge in [0.25, 0.3) is 0 Å². The summed E-state index contributed by atoms with van der Waals surface area (Å²) in [5, 5.41) is 7.94. The summed E-state index contributed by atoms with van der Waals surface area (Å²) >= 11 is 0. The van der Waals surface area contributed by atoms with Gasteiger partial charge in [-0.3, -0.25) is 4.68 Å². The summed E-state index contributed by atoms with van der Waals surface area (Å²) in [4.78, 5) is 0. The van der Waals surface area contributed by atoms with Crippen molar-refractivity contribution in [2.45, 2.75) is 38.9 Å². The number of aryl methyl sites for hydroxylation is 2. The normalized spacial score (nSPS) is 17.9. The van der Waals surface area contributed by atoms with Gasteiger partial charge >= 0.3 is 0 Å². The largest absolute Gasteiger partial charge is 0.306 e. The van der Waals surface area contributed by atoms with Crippen molar-refractivity contribution in [1.29, 1.82) is 0 Å². The fourth-order valence-electron chi connectivity index (χ4n) is 2.68. The molecule has 1 aliphatic rings. The lowest BCUT2D eigenvalue weighted by Crippen LogP contribution is -2.18. The molecule has 1 atom stereocenters. The van der Waals surface area contributed by atoms with Gasteiger partial charge in [0.15, 0.2) is 0 Å². The Morgan fingerprint density at radius 2 is 2.28 bits per heavy atom. The highest BCUT2D eigenvalue weighted by Crippen LogP contribution is 2.30. The maximum absolute atomic E-state index is 4.30. The van der Waals surface area contributed by atoms with Gasteiger partial charge in [-0.1, -0.05) is 24.3 Å². The van der Waals surface area contributed by atoms with Crippen molar-refractivity contribution in [3.63, 3.8) is 0 Å². The second-order valence-electron chi connectivity index (χ2n) is 4.88. The van der Waals surface area contributed by atoms with Crippen molar-refractivity contribution < 1.29 is 0 Å². The molecule has 0 spiro atoms. The first kappa shape index (κ1) is 11.5. The lowest BCUT2D eigenvalue weighted by Gasteiger charge is -2.13. The highest BCUT2D eigenvalue weighted by Gasteiger charge is 2.20. The van der Waals surface area contributed by atoms with E-state index in [2.05, 4.69) is 47.8 Å². The zero-order chi connectivity index (χ0) is 12.4. The standard InChI is InChI=1S/C15H19N3/c1-2-18-11-12(10-17-18)9-16-15-8-7-13-5-3-4-6-14(13)15/h3-6,10-11,15-16H,2,7-9H2,1H3. The molecule has 2 aromatic rings. The Morgan fingerprint density at radius 3 is 3.11 bits per heavy atom. The molecule has 0 amide bonds. The number of hydrogen-bond acceptors (Lipinski definition) is 2. The molecular formula is C15H19N3. The molecule has 0 radical (unpaired) electrons. The molecule has 3 heteroatoms. The SMILES string of the molecule is CCn1cc(CNC2CCc3ccccc32)cn1. The summed E-state index contributed by atoms with van der Waals surface area (Å²) < 4.78 is 1.97. The molecule has 94 valence electrons. The second kappa shape index (κ2) is 4.94. The van der Waals surface area contributed by atoms with Crippen molar-refractivity contribution in [1.82, 2.24) is 15.1 Å². The topological polar surface area (TPSA) is 29.9 Å². The van der Waals surface area contributed by atoms with Crippen molar-refractivity contribution in [3.8, 4) is 0 Å². The van der Waals surface area contributed by atoms with Crippen LogP contribution in [0, 0.1) is 0 Å². The minimum Gasteiger partial charge on any atom is -0.306 e. The van der Waals surface area contributed by atoms with Crippen LogP contribution in [0.4, 0.5) is 0 Å². The van der Waals surface area contributed by atoms with Crippen molar-refractivity contribution in [3.05, 3.63) is 53.3 Å². The maximum atomic E-state index is 4.30. The zero-order valence-electron chi connectivity index (χ0n) is 10.8. The van der Waals surface area contributed by atoms with Gasteiger partial charge in [0, 0.05) is 30.9 Å². The Labute approximate surface area is 108 Å². The summed E-state index contributed by atoms with van der Waals surface area (Å²) in [7, 11) is 0. The predicted octanol–water partition coefficient (Wildman–Crippen LogP) is 2.68. The van der Waals surface area contributed by atoms with E-state index >= 15 is 0 Å². The van der Waals surface area contributed by atoms with Gasteiger partial charge in [0.1, 0.15) is 0 Å². The Balaban J connectivity index is 1.65. The van der Waals surface area contributed by atoms with Gasteiger partial charge in [0.05, 0.1) is 6.20 Å². The van der Waals surface area contributed by atoms with Crippen molar-refractivity contribution in [2.75, 3.05) is 0 Å². The van der Waals surface area contributed by atoms with Gasteiger partial charge in [-0.2, -0.15) is 5.10 Å². The van der Waals surface area contributed by atoms with Gasteiger partial charge < -0.3 is 5.32 Å². The van der Waals surface area contributed by atoms with Crippen molar-refractivity contribution >= 4 is 0 Å². The zero-order valence-corrected chi connectivity index (χ0v) is 10.8. The van der Waals surface area contributed by atoms with Crippen molar-refractivity contribution in [2.24, 2.45) is 0 Å². The van der Waals surface area contributed by atoms with Crippen LogP contribution < -0.4 is 5.32 Å². The van der Waals surface area contributed by atoms with Crippen LogP contribution in [0.3, 0.4) is 0 Å². The summed E-state index contributed by atoms with van der Waals surface area (Å²) in [5.41, 5.74) is 4.24. The van der Waals surface area contributed by atoms with Crippen LogP contribution in [-0.4, -0.2) is 9.78 Å². The van der Waals surface area contributed by atoms with Crippen LogP contribution in [0.5, 0.6) is 0 Å². The maximum Gasteiger partial charge on any atom is 0.0534 e. The van der Waals surface area contributed by atoms with Gasteiger partial charge in [-0.25, -0.2) is 0 Å². The molecule has 0 saturated heterocycles. The fraction of sp³-hybridized carbons (Fsp3) is 0.400. The quantitative estimate of drug-likeness (QED) is 0.892. The van der Waals surface area contributed by atoms with Gasteiger partial charge in [-0.15, -0.1) is 0 Å². The smallest absolute Gasteiger partial charge is 0.0534 e. The predicted molar refractivity (Wildman–Crippen MR) is 72.2 cm³/mol. The molecule has 3 rings (SSSR count). The molecule has 18 heavy (non-hydrogen) atoms. The summed E-state index contributed by atoms with van der Waals surface area (Å²) in [6.07, 6.45) is 6.48. The molecule has 0 aliphatic heterocycles. The third-order valence-electron chi connectivity index (χ3n) is 3.70. The molecule has 1 aromatic carbocycles. The van der Waals surface area contributed by atoms with E-state index in [1.165, 1.54) is 29.5 Å². The molecule has 0 fully saturated rings. The van der Waals surface area contributed by atoms with E-state index in [0.29, 0.717) is 6.04 Å². The third-order valence-corrected chi connectivity index (χ3v) is 3.70. The Hall–Kier alpha value is -1.61. The minimum absolute atomic E-state index is 0.506. The first-order chi connectivity index (χ1) is 8.86. The molecular weight excluding hydrogens is 222 g/mol. The summed E-state index contributed by atoms with van der Waals surface area (Å²) in [6, 6.07) is 9.26. The van der Waals surface area contributed by atoms with Crippen LogP contribution in [0.2, 0.25) is 0 Å². The Bertz CT molecular complexity index is 530. The molecule has 1 heterocycles. The molecule has 0 saturated carbocycles. The van der Waals surface area contributed by atoms with Crippen LogP contribution >= 0.6 is 0 Å². The number of benzene rings is 1. The highest BCUT2D eigenvalue weighted by atomic mass is 15.3. The fourth-order valence-corrected chi connectivity index (χ4v) is 2.68. The minimum atomic E-state index is 0.506. The average Bonchev–Trinajstić information content (AvgIpc) is 3.03. The number of nitrogens with zero attached hydrogens (tertiary/aromatic N) is 2. The van der Waals surface area contributed by atoms with E-state index in [9.17, 15) is 0 Å². The van der Waals surface area contributed by atoms with Crippen LogP contribution in [0.15, 0.2) is 36.7 Å². The van der Waals surface area contributed by atoms with Crippen LogP contribution in [0.25, 0.3) is 0 Å². The number of fused-ring (bicyclic) bond motifs is 1. The molecule has 1 N–H and O–H groups in total. The van der Waals surface area contributed by atoms with E-state index in [-0.39, 0.29) is 0 Å². The Kier molecular flexibility index (Phi) is 3.15. The Morgan fingerprint density at radius 1 is 1.39 bits per heavy atom. The number of nitrogens with one attached hydrogen (secondary N) is 1. The number of rotatable bonds is 4. The van der Waals surface area contributed by atoms with Gasteiger partial charge in [-0.05, 0) is 30.9 Å². The van der Waals surface area contributed by atoms with E-state index in [1.54, 1.807) is 0 Å². The monoisotopic (exact) mass is 241 g/mol. The third kappa shape index (κ3) is 2.18. The second-order valence-corrected chi connectivity index (χ2v) is 4.88. The number of hydrogen-bond donors (Lipinski definition) is 1. The lowest BCUT2D eigenvalue weighted by atomic mass is 10.1. The highest BCUT2D eigenvalue weighted by molar-refractivity contribution is 5.34. The van der Waals surface area contributed by atoms with E-state index in [1.807, 2.05) is 10.9 Å². The molecule has 0 bridgehead atoms.